The molecule has 6 heteroatoms. The van der Waals surface area contributed by atoms with Gasteiger partial charge in [-0.25, -0.2) is 8.42 Å². The average Bonchev–Trinajstić information content (AvgIpc) is 2.26. The minimum atomic E-state index is -3.27. The summed E-state index contributed by atoms with van der Waals surface area (Å²) in [6.07, 6.45) is 1.78. The van der Waals surface area contributed by atoms with Crippen LogP contribution in [0.1, 0.15) is 5.56 Å². The van der Waals surface area contributed by atoms with E-state index in [1.807, 2.05) is 24.3 Å². The van der Waals surface area contributed by atoms with Crippen molar-refractivity contribution in [2.45, 2.75) is 12.5 Å². The number of hydrogen-bond donors (Lipinski definition) is 2. The van der Waals surface area contributed by atoms with Crippen molar-refractivity contribution < 1.29 is 13.2 Å². The van der Waals surface area contributed by atoms with Gasteiger partial charge in [0.25, 0.3) is 0 Å². The summed E-state index contributed by atoms with van der Waals surface area (Å²) in [5, 5.41) is 5.95. The Balaban J connectivity index is 1.96. The lowest BCUT2D eigenvalue weighted by Crippen LogP contribution is -2.45. The molecule has 0 bridgehead atoms. The Morgan fingerprint density at radius 2 is 2.17 bits per heavy atom. The summed E-state index contributed by atoms with van der Waals surface area (Å²) in [5.41, 5.74) is 2.21. The summed E-state index contributed by atoms with van der Waals surface area (Å²) in [6, 6.07) is 7.82. The highest BCUT2D eigenvalue weighted by atomic mass is 32.2. The Labute approximate surface area is 107 Å². The van der Waals surface area contributed by atoms with E-state index in [0.29, 0.717) is 6.54 Å². The van der Waals surface area contributed by atoms with Crippen molar-refractivity contribution in [3.63, 3.8) is 0 Å². The zero-order valence-electron chi connectivity index (χ0n) is 10.1. The van der Waals surface area contributed by atoms with E-state index in [9.17, 15) is 13.2 Å². The van der Waals surface area contributed by atoms with Crippen molar-refractivity contribution in [3.8, 4) is 0 Å². The number of nitrogens with one attached hydrogen (secondary N) is 2. The number of hydrogen-bond acceptors (Lipinski definition) is 4. The topological polar surface area (TPSA) is 75.3 Å². The van der Waals surface area contributed by atoms with Crippen LogP contribution in [0.2, 0.25) is 0 Å². The van der Waals surface area contributed by atoms with Gasteiger partial charge in [-0.3, -0.25) is 4.79 Å². The van der Waals surface area contributed by atoms with Gasteiger partial charge in [0.15, 0.2) is 9.84 Å². The number of amides is 1. The molecule has 18 heavy (non-hydrogen) atoms. The van der Waals surface area contributed by atoms with Crippen LogP contribution in [-0.2, 0) is 21.1 Å². The Morgan fingerprint density at radius 3 is 2.89 bits per heavy atom. The van der Waals surface area contributed by atoms with E-state index >= 15 is 0 Å². The fourth-order valence-corrected chi connectivity index (χ4v) is 2.61. The predicted molar refractivity (Wildman–Crippen MR) is 70.3 cm³/mol. The van der Waals surface area contributed by atoms with E-state index in [0.717, 1.165) is 23.9 Å². The van der Waals surface area contributed by atoms with E-state index in [1.54, 1.807) is 0 Å². The largest absolute Gasteiger partial charge is 0.383 e. The van der Waals surface area contributed by atoms with E-state index in [2.05, 4.69) is 10.6 Å². The molecule has 0 aromatic heterocycles. The normalized spacial score (nSPS) is 18.6. The van der Waals surface area contributed by atoms with Crippen LogP contribution in [0, 0.1) is 0 Å². The number of carbonyl (C=O) groups is 1. The molecule has 0 spiro atoms. The highest BCUT2D eigenvalue weighted by Gasteiger charge is 2.20. The lowest BCUT2D eigenvalue weighted by molar-refractivity contribution is -0.119. The van der Waals surface area contributed by atoms with Crippen LogP contribution in [0.5, 0.6) is 0 Å². The Morgan fingerprint density at radius 1 is 1.44 bits per heavy atom. The van der Waals surface area contributed by atoms with Gasteiger partial charge < -0.3 is 10.6 Å². The van der Waals surface area contributed by atoms with Crippen LogP contribution in [0.15, 0.2) is 24.3 Å². The van der Waals surface area contributed by atoms with Gasteiger partial charge in [-0.05, 0) is 18.1 Å². The number of carbonyl (C=O) groups excluding carboxylic acids is 1. The maximum atomic E-state index is 11.5. The minimum Gasteiger partial charge on any atom is -0.383 e. The number of sulfone groups is 1. The van der Waals surface area contributed by atoms with Crippen LogP contribution in [0.3, 0.4) is 0 Å². The lowest BCUT2D eigenvalue weighted by Gasteiger charge is -2.26. The molecular formula is C12H16N2O3S. The first-order valence-electron chi connectivity index (χ1n) is 5.73. The zero-order chi connectivity index (χ0) is 13.2. The van der Waals surface area contributed by atoms with E-state index < -0.39 is 21.5 Å². The van der Waals surface area contributed by atoms with Gasteiger partial charge in [-0.2, -0.15) is 0 Å². The van der Waals surface area contributed by atoms with Crippen molar-refractivity contribution in [2.24, 2.45) is 0 Å². The first-order chi connectivity index (χ1) is 8.44. The van der Waals surface area contributed by atoms with Gasteiger partial charge in [0.2, 0.25) is 5.91 Å². The van der Waals surface area contributed by atoms with Gasteiger partial charge >= 0.3 is 0 Å². The Kier molecular flexibility index (Phi) is 3.56. The SMILES string of the molecule is CS(=O)(=O)CC(=O)NC1CNc2ccccc2C1. The molecule has 0 saturated carbocycles. The summed E-state index contributed by atoms with van der Waals surface area (Å²) in [4.78, 5) is 11.5. The molecule has 5 nitrogen and oxygen atoms in total. The third kappa shape index (κ3) is 3.46. The fraction of sp³-hybridized carbons (Fsp3) is 0.417. The maximum absolute atomic E-state index is 11.5. The Hall–Kier alpha value is -1.56. The molecule has 1 unspecified atom stereocenters. The second-order valence-corrected chi connectivity index (χ2v) is 6.72. The van der Waals surface area contributed by atoms with Gasteiger partial charge in [-0.1, -0.05) is 18.2 Å². The number of benzene rings is 1. The molecule has 0 fully saturated rings. The number of rotatable bonds is 3. The van der Waals surface area contributed by atoms with E-state index in [-0.39, 0.29) is 6.04 Å². The maximum Gasteiger partial charge on any atom is 0.235 e. The lowest BCUT2D eigenvalue weighted by atomic mass is 10.00. The van der Waals surface area contributed by atoms with Crippen molar-refractivity contribution in [3.05, 3.63) is 29.8 Å². The number of fused-ring (bicyclic) bond motifs is 1. The van der Waals surface area contributed by atoms with E-state index in [4.69, 9.17) is 0 Å². The number of para-hydroxylation sites is 1. The molecule has 1 aliphatic rings. The molecule has 1 aromatic rings. The first kappa shape index (κ1) is 12.9. The summed E-state index contributed by atoms with van der Waals surface area (Å²) in [7, 11) is -3.27. The summed E-state index contributed by atoms with van der Waals surface area (Å²) in [6.45, 7) is 0.618. The average molecular weight is 268 g/mol. The van der Waals surface area contributed by atoms with E-state index in [1.165, 1.54) is 0 Å². The molecule has 1 amide bonds. The molecule has 1 atom stereocenters. The highest BCUT2D eigenvalue weighted by Crippen LogP contribution is 2.20. The molecule has 1 heterocycles. The standard InChI is InChI=1S/C12H16N2O3S/c1-18(16,17)8-12(15)14-10-6-9-4-2-3-5-11(9)13-7-10/h2-5,10,13H,6-8H2,1H3,(H,14,15). The molecule has 1 aliphatic heterocycles. The predicted octanol–water partition coefficient (Wildman–Crippen LogP) is 0.184. The summed E-state index contributed by atoms with van der Waals surface area (Å²) in [5.74, 6) is -0.894. The summed E-state index contributed by atoms with van der Waals surface area (Å²) >= 11 is 0. The van der Waals surface area contributed by atoms with Crippen molar-refractivity contribution in [1.29, 1.82) is 0 Å². The monoisotopic (exact) mass is 268 g/mol. The molecule has 0 radical (unpaired) electrons. The van der Waals surface area contributed by atoms with Crippen molar-refractivity contribution in [2.75, 3.05) is 23.9 Å². The van der Waals surface area contributed by atoms with Crippen LogP contribution < -0.4 is 10.6 Å². The van der Waals surface area contributed by atoms with Crippen LogP contribution >= 0.6 is 0 Å². The van der Waals surface area contributed by atoms with Crippen molar-refractivity contribution in [1.82, 2.24) is 5.32 Å². The highest BCUT2D eigenvalue weighted by molar-refractivity contribution is 7.91. The van der Waals surface area contributed by atoms with Crippen LogP contribution in [0.25, 0.3) is 0 Å². The van der Waals surface area contributed by atoms with Crippen LogP contribution in [-0.4, -0.2) is 38.9 Å². The molecule has 98 valence electrons. The smallest absolute Gasteiger partial charge is 0.235 e. The third-order valence-electron chi connectivity index (χ3n) is 2.78. The fourth-order valence-electron chi connectivity index (χ4n) is 2.05. The molecule has 2 N–H and O–H groups in total. The molecule has 0 aliphatic carbocycles. The molecule has 0 saturated heterocycles. The van der Waals surface area contributed by atoms with Crippen molar-refractivity contribution >= 4 is 21.4 Å². The molecule has 1 aromatic carbocycles. The second-order valence-electron chi connectivity index (χ2n) is 4.58. The minimum absolute atomic E-state index is 0.0610. The first-order valence-corrected chi connectivity index (χ1v) is 7.79. The molecular weight excluding hydrogens is 252 g/mol. The second kappa shape index (κ2) is 4.97. The Bertz CT molecular complexity index is 554. The van der Waals surface area contributed by atoms with Gasteiger partial charge in [0, 0.05) is 18.5 Å². The van der Waals surface area contributed by atoms with Crippen LogP contribution in [0.4, 0.5) is 5.69 Å². The van der Waals surface area contributed by atoms with Gasteiger partial charge in [0.1, 0.15) is 5.75 Å². The third-order valence-corrected chi connectivity index (χ3v) is 3.57. The zero-order valence-corrected chi connectivity index (χ0v) is 11.0. The van der Waals surface area contributed by atoms with Gasteiger partial charge in [0.05, 0.1) is 6.04 Å². The quantitative estimate of drug-likeness (QED) is 0.820. The molecule has 2 rings (SSSR count). The number of anilines is 1. The van der Waals surface area contributed by atoms with Gasteiger partial charge in [-0.15, -0.1) is 0 Å². The summed E-state index contributed by atoms with van der Waals surface area (Å²) < 4.78 is 22.0.